The van der Waals surface area contributed by atoms with Gasteiger partial charge in [0.1, 0.15) is 6.29 Å². The van der Waals surface area contributed by atoms with Crippen molar-refractivity contribution in [1.29, 1.82) is 0 Å². The molecule has 2 aliphatic rings. The molecule has 0 spiro atoms. The highest BCUT2D eigenvalue weighted by Gasteiger charge is 2.25. The molecule has 1 aromatic rings. The zero-order valence-electron chi connectivity index (χ0n) is 13.4. The van der Waals surface area contributed by atoms with Crippen molar-refractivity contribution in [3.8, 4) is 0 Å². The topological polar surface area (TPSA) is 70.2 Å². The number of aldehydes is 1. The Morgan fingerprint density at radius 1 is 1.27 bits per heavy atom. The second-order valence-corrected chi connectivity index (χ2v) is 6.48. The Balaban J connectivity index is 1.88. The Hall–Kier alpha value is -1.69. The van der Waals surface area contributed by atoms with Gasteiger partial charge in [-0.3, -0.25) is 0 Å². The van der Waals surface area contributed by atoms with Crippen molar-refractivity contribution in [2.75, 3.05) is 29.9 Å². The van der Waals surface area contributed by atoms with Crippen LogP contribution in [0.3, 0.4) is 0 Å². The van der Waals surface area contributed by atoms with Crippen molar-refractivity contribution in [3.05, 3.63) is 11.4 Å². The van der Waals surface area contributed by atoms with E-state index in [1.165, 1.54) is 0 Å². The number of aromatic nitrogens is 2. The first-order valence-corrected chi connectivity index (χ1v) is 8.24. The number of nitrogens with zero attached hydrogens (tertiary/aromatic N) is 3. The first kappa shape index (κ1) is 15.2. The quantitative estimate of drug-likeness (QED) is 0.819. The zero-order chi connectivity index (χ0) is 15.5. The number of nitrogens with one attached hydrogen (secondary N) is 2. The molecule has 1 aromatic heterocycles. The molecule has 0 amide bonds. The number of piperidine rings is 1. The van der Waals surface area contributed by atoms with Crippen LogP contribution in [0, 0.1) is 5.92 Å². The Bertz CT molecular complexity index is 538. The van der Waals surface area contributed by atoms with E-state index in [0.29, 0.717) is 6.04 Å². The second-order valence-electron chi connectivity index (χ2n) is 6.48. The minimum atomic E-state index is 0.199. The first-order chi connectivity index (χ1) is 10.7. The molecule has 2 N–H and O–H groups in total. The normalized spacial score (nSPS) is 19.1. The van der Waals surface area contributed by atoms with Crippen molar-refractivity contribution >= 4 is 17.9 Å². The van der Waals surface area contributed by atoms with Gasteiger partial charge in [0, 0.05) is 44.6 Å². The smallest absolute Gasteiger partial charge is 0.172 e. The molecule has 0 aliphatic carbocycles. The molecule has 3 heterocycles. The highest BCUT2D eigenvalue weighted by molar-refractivity contribution is 5.63. The Morgan fingerprint density at radius 3 is 2.73 bits per heavy atom. The summed E-state index contributed by atoms with van der Waals surface area (Å²) in [7, 11) is 0. The van der Waals surface area contributed by atoms with E-state index < -0.39 is 0 Å². The van der Waals surface area contributed by atoms with Crippen molar-refractivity contribution < 1.29 is 4.79 Å². The third kappa shape index (κ3) is 3.21. The van der Waals surface area contributed by atoms with Gasteiger partial charge in [0.05, 0.1) is 11.4 Å². The van der Waals surface area contributed by atoms with E-state index in [-0.39, 0.29) is 5.92 Å². The third-order valence-electron chi connectivity index (χ3n) is 4.32. The lowest BCUT2D eigenvalue weighted by Gasteiger charge is -2.33. The van der Waals surface area contributed by atoms with E-state index in [2.05, 4.69) is 29.4 Å². The molecular formula is C16H25N5O. The predicted molar refractivity (Wildman–Crippen MR) is 87.2 cm³/mol. The van der Waals surface area contributed by atoms with E-state index in [0.717, 1.165) is 74.8 Å². The SMILES string of the molecule is CC(C)Nc1nc2c(nc1N1CCC(C=O)CC1)CNCC2. The first-order valence-electron chi connectivity index (χ1n) is 8.24. The van der Waals surface area contributed by atoms with Gasteiger partial charge in [-0.15, -0.1) is 0 Å². The van der Waals surface area contributed by atoms with Gasteiger partial charge in [-0.05, 0) is 26.7 Å². The number of hydrogen-bond acceptors (Lipinski definition) is 6. The third-order valence-corrected chi connectivity index (χ3v) is 4.32. The van der Waals surface area contributed by atoms with Gasteiger partial charge in [-0.25, -0.2) is 9.97 Å². The predicted octanol–water partition coefficient (Wildman–Crippen LogP) is 1.36. The lowest BCUT2D eigenvalue weighted by atomic mass is 9.98. The molecule has 0 radical (unpaired) electrons. The van der Waals surface area contributed by atoms with Gasteiger partial charge in [0.2, 0.25) is 0 Å². The minimum Gasteiger partial charge on any atom is -0.365 e. The molecular weight excluding hydrogens is 278 g/mol. The van der Waals surface area contributed by atoms with Crippen LogP contribution in [0.4, 0.5) is 11.6 Å². The molecule has 0 bridgehead atoms. The summed E-state index contributed by atoms with van der Waals surface area (Å²) in [6.07, 6.45) is 3.83. The maximum Gasteiger partial charge on any atom is 0.172 e. The summed E-state index contributed by atoms with van der Waals surface area (Å²) in [5.41, 5.74) is 2.17. The number of rotatable bonds is 4. The molecule has 120 valence electrons. The van der Waals surface area contributed by atoms with E-state index >= 15 is 0 Å². The van der Waals surface area contributed by atoms with Crippen LogP contribution >= 0.6 is 0 Å². The number of hydrogen-bond donors (Lipinski definition) is 2. The van der Waals surface area contributed by atoms with Crippen LogP contribution in [0.25, 0.3) is 0 Å². The zero-order valence-corrected chi connectivity index (χ0v) is 13.4. The molecule has 0 saturated carbocycles. The Morgan fingerprint density at radius 2 is 2.05 bits per heavy atom. The number of anilines is 2. The Kier molecular flexibility index (Phi) is 4.57. The van der Waals surface area contributed by atoms with Crippen LogP contribution in [-0.4, -0.2) is 41.9 Å². The lowest BCUT2D eigenvalue weighted by Crippen LogP contribution is -2.36. The van der Waals surface area contributed by atoms with Crippen molar-refractivity contribution in [2.24, 2.45) is 5.92 Å². The fourth-order valence-corrected chi connectivity index (χ4v) is 3.09. The summed E-state index contributed by atoms with van der Waals surface area (Å²) in [5, 5.41) is 6.80. The van der Waals surface area contributed by atoms with Crippen LogP contribution in [-0.2, 0) is 17.8 Å². The fraction of sp³-hybridized carbons (Fsp3) is 0.688. The van der Waals surface area contributed by atoms with E-state index in [1.807, 2.05) is 0 Å². The van der Waals surface area contributed by atoms with Crippen LogP contribution in [0.15, 0.2) is 0 Å². The monoisotopic (exact) mass is 303 g/mol. The molecule has 0 aromatic carbocycles. The maximum atomic E-state index is 10.9. The second kappa shape index (κ2) is 6.60. The van der Waals surface area contributed by atoms with Crippen molar-refractivity contribution in [3.63, 3.8) is 0 Å². The molecule has 1 fully saturated rings. The van der Waals surface area contributed by atoms with Gasteiger partial charge in [-0.2, -0.15) is 0 Å². The average molecular weight is 303 g/mol. The van der Waals surface area contributed by atoms with Gasteiger partial charge in [0.15, 0.2) is 11.6 Å². The largest absolute Gasteiger partial charge is 0.365 e. The van der Waals surface area contributed by atoms with Gasteiger partial charge >= 0.3 is 0 Å². The van der Waals surface area contributed by atoms with Crippen LogP contribution < -0.4 is 15.5 Å². The standard InChI is InChI=1S/C16H25N5O/c1-11(2)18-15-16(21-7-4-12(10-22)5-8-21)20-14-9-17-6-3-13(14)19-15/h10-12,17H,3-9H2,1-2H3,(H,18,19). The van der Waals surface area contributed by atoms with Gasteiger partial charge in [0.25, 0.3) is 0 Å². The van der Waals surface area contributed by atoms with E-state index in [4.69, 9.17) is 9.97 Å². The van der Waals surface area contributed by atoms with Crippen LogP contribution in [0.5, 0.6) is 0 Å². The van der Waals surface area contributed by atoms with E-state index in [9.17, 15) is 4.79 Å². The molecule has 6 nitrogen and oxygen atoms in total. The molecule has 2 aliphatic heterocycles. The number of fused-ring (bicyclic) bond motifs is 1. The minimum absolute atomic E-state index is 0.199. The molecule has 22 heavy (non-hydrogen) atoms. The lowest BCUT2D eigenvalue weighted by molar-refractivity contribution is -0.111. The highest BCUT2D eigenvalue weighted by Crippen LogP contribution is 2.28. The highest BCUT2D eigenvalue weighted by atomic mass is 16.1. The number of carbonyl (C=O) groups is 1. The van der Waals surface area contributed by atoms with Gasteiger partial charge < -0.3 is 20.3 Å². The maximum absolute atomic E-state index is 10.9. The summed E-state index contributed by atoms with van der Waals surface area (Å²) in [6, 6.07) is 0.320. The summed E-state index contributed by atoms with van der Waals surface area (Å²) >= 11 is 0. The Labute approximate surface area is 131 Å². The molecule has 0 unspecified atom stereocenters. The summed E-state index contributed by atoms with van der Waals surface area (Å²) < 4.78 is 0. The van der Waals surface area contributed by atoms with Crippen molar-refractivity contribution in [1.82, 2.24) is 15.3 Å². The summed E-state index contributed by atoms with van der Waals surface area (Å²) in [4.78, 5) is 22.9. The van der Waals surface area contributed by atoms with E-state index in [1.54, 1.807) is 0 Å². The molecule has 0 atom stereocenters. The summed E-state index contributed by atoms with van der Waals surface area (Å²) in [6.45, 7) is 7.74. The average Bonchev–Trinajstić information content (AvgIpc) is 2.54. The van der Waals surface area contributed by atoms with Crippen LogP contribution in [0.1, 0.15) is 38.1 Å². The summed E-state index contributed by atoms with van der Waals surface area (Å²) in [5.74, 6) is 2.03. The molecule has 3 rings (SSSR count). The molecule has 6 heteroatoms. The van der Waals surface area contributed by atoms with Crippen LogP contribution in [0.2, 0.25) is 0 Å². The van der Waals surface area contributed by atoms with Crippen molar-refractivity contribution in [2.45, 2.75) is 45.7 Å². The fourth-order valence-electron chi connectivity index (χ4n) is 3.09. The number of carbonyl (C=O) groups excluding carboxylic acids is 1. The van der Waals surface area contributed by atoms with Gasteiger partial charge in [-0.1, -0.05) is 0 Å². The molecule has 1 saturated heterocycles.